The van der Waals surface area contributed by atoms with Crippen molar-refractivity contribution >= 4 is 23.0 Å². The fraction of sp³-hybridized carbons (Fsp3) is 0.458. The van der Waals surface area contributed by atoms with E-state index in [1.807, 2.05) is 24.3 Å². The molecule has 1 saturated carbocycles. The first kappa shape index (κ1) is 20.7. The van der Waals surface area contributed by atoms with Crippen LogP contribution in [0.1, 0.15) is 70.5 Å². The predicted molar refractivity (Wildman–Crippen MR) is 122 cm³/mol. The number of benzene rings is 2. The van der Waals surface area contributed by atoms with Crippen LogP contribution in [0.4, 0.5) is 5.69 Å². The largest absolute Gasteiger partial charge is 0.490 e. The van der Waals surface area contributed by atoms with E-state index in [9.17, 15) is 0 Å². The quantitative estimate of drug-likeness (QED) is 0.577. The Kier molecular flexibility index (Phi) is 6.61. The molecule has 0 aromatic heterocycles. The molecule has 0 unspecified atom stereocenters. The molecule has 1 aliphatic carbocycles. The molecule has 2 aromatic carbocycles. The predicted octanol–water partition coefficient (Wildman–Crippen LogP) is 6.35. The van der Waals surface area contributed by atoms with Crippen LogP contribution in [0.5, 0.6) is 5.75 Å². The van der Waals surface area contributed by atoms with E-state index in [0.717, 1.165) is 11.4 Å². The van der Waals surface area contributed by atoms with Crippen LogP contribution in [0, 0.1) is 0 Å². The van der Waals surface area contributed by atoms with Crippen molar-refractivity contribution in [3.63, 3.8) is 0 Å². The summed E-state index contributed by atoms with van der Waals surface area (Å²) >= 11 is 5.49. The molecule has 0 radical (unpaired) electrons. The Morgan fingerprint density at radius 2 is 1.61 bits per heavy atom. The lowest BCUT2D eigenvalue weighted by Crippen LogP contribution is -2.30. The maximum atomic E-state index is 6.01. The zero-order chi connectivity index (χ0) is 20.1. The Morgan fingerprint density at radius 1 is 1.00 bits per heavy atom. The highest BCUT2D eigenvalue weighted by atomic mass is 32.1. The number of rotatable bonds is 5. The van der Waals surface area contributed by atoms with Crippen LogP contribution in [0.15, 0.2) is 48.5 Å². The fourth-order valence-electron chi connectivity index (χ4n) is 3.53. The lowest BCUT2D eigenvalue weighted by Gasteiger charge is -2.21. The van der Waals surface area contributed by atoms with Gasteiger partial charge in [-0.15, -0.1) is 0 Å². The van der Waals surface area contributed by atoms with Gasteiger partial charge in [-0.3, -0.25) is 0 Å². The second-order valence-electron chi connectivity index (χ2n) is 8.74. The normalized spacial score (nSPS) is 15.9. The van der Waals surface area contributed by atoms with Gasteiger partial charge in [-0.1, -0.05) is 45.0 Å². The summed E-state index contributed by atoms with van der Waals surface area (Å²) in [5.74, 6) is 0.934. The van der Waals surface area contributed by atoms with Crippen LogP contribution in [0.3, 0.4) is 0 Å². The summed E-state index contributed by atoms with van der Waals surface area (Å²) in [6.45, 7) is 8.81. The van der Waals surface area contributed by atoms with Gasteiger partial charge >= 0.3 is 0 Å². The van der Waals surface area contributed by atoms with Crippen molar-refractivity contribution in [2.45, 2.75) is 70.9 Å². The Hall–Kier alpha value is -2.07. The highest BCUT2D eigenvalue weighted by Gasteiger charge is 2.16. The molecular formula is C24H32N2OS. The summed E-state index contributed by atoms with van der Waals surface area (Å²) in [5, 5.41) is 7.25. The number of hydrogen-bond donors (Lipinski definition) is 2. The first-order valence-corrected chi connectivity index (χ1v) is 10.7. The minimum atomic E-state index is 0.138. The lowest BCUT2D eigenvalue weighted by molar-refractivity contribution is 0.210. The molecule has 150 valence electrons. The standard InChI is InChI=1S/C24H32N2OS/c1-17(18-9-11-19(12-10-18)24(2,3)4)25-23(28)26-20-13-15-22(16-14-20)27-21-7-5-6-8-21/h9-17,21H,5-8H2,1-4H3,(H2,25,26,28)/t17-/m1/s1. The van der Waals surface area contributed by atoms with Gasteiger partial charge in [-0.05, 0) is 85.6 Å². The van der Waals surface area contributed by atoms with Crippen LogP contribution < -0.4 is 15.4 Å². The molecule has 1 aliphatic rings. The van der Waals surface area contributed by atoms with Gasteiger partial charge in [-0.25, -0.2) is 0 Å². The van der Waals surface area contributed by atoms with Crippen molar-refractivity contribution in [3.05, 3.63) is 59.7 Å². The van der Waals surface area contributed by atoms with Gasteiger partial charge in [0.2, 0.25) is 0 Å². The molecule has 1 fully saturated rings. The van der Waals surface area contributed by atoms with Crippen molar-refractivity contribution in [3.8, 4) is 5.75 Å². The van der Waals surface area contributed by atoms with E-state index in [-0.39, 0.29) is 11.5 Å². The number of hydrogen-bond acceptors (Lipinski definition) is 2. The van der Waals surface area contributed by atoms with Gasteiger partial charge < -0.3 is 15.4 Å². The second-order valence-corrected chi connectivity index (χ2v) is 9.15. The monoisotopic (exact) mass is 396 g/mol. The zero-order valence-electron chi connectivity index (χ0n) is 17.4. The Balaban J connectivity index is 1.51. The van der Waals surface area contributed by atoms with E-state index in [0.29, 0.717) is 11.2 Å². The van der Waals surface area contributed by atoms with E-state index in [4.69, 9.17) is 17.0 Å². The van der Waals surface area contributed by atoms with Gasteiger partial charge in [0.1, 0.15) is 5.75 Å². The molecule has 1 atom stereocenters. The second kappa shape index (κ2) is 8.95. The van der Waals surface area contributed by atoms with Crippen LogP contribution in [-0.2, 0) is 5.41 Å². The molecule has 3 rings (SSSR count). The van der Waals surface area contributed by atoms with Gasteiger partial charge in [0.25, 0.3) is 0 Å². The fourth-order valence-corrected chi connectivity index (χ4v) is 3.83. The molecule has 2 N–H and O–H groups in total. The minimum Gasteiger partial charge on any atom is -0.490 e. The molecule has 0 bridgehead atoms. The van der Waals surface area contributed by atoms with Gasteiger partial charge in [-0.2, -0.15) is 0 Å². The summed E-state index contributed by atoms with van der Waals surface area (Å²) in [7, 11) is 0. The van der Waals surface area contributed by atoms with Gasteiger partial charge in [0.05, 0.1) is 12.1 Å². The van der Waals surface area contributed by atoms with E-state index in [1.165, 1.54) is 36.8 Å². The van der Waals surface area contributed by atoms with Crippen molar-refractivity contribution in [1.82, 2.24) is 5.32 Å². The minimum absolute atomic E-state index is 0.138. The van der Waals surface area contributed by atoms with Crippen molar-refractivity contribution < 1.29 is 4.74 Å². The summed E-state index contributed by atoms with van der Waals surface area (Å²) < 4.78 is 6.01. The summed E-state index contributed by atoms with van der Waals surface area (Å²) in [5.41, 5.74) is 3.69. The highest BCUT2D eigenvalue weighted by molar-refractivity contribution is 7.80. The molecule has 3 nitrogen and oxygen atoms in total. The van der Waals surface area contributed by atoms with Crippen LogP contribution in [0.2, 0.25) is 0 Å². The molecular weight excluding hydrogens is 364 g/mol. The smallest absolute Gasteiger partial charge is 0.171 e. The van der Waals surface area contributed by atoms with E-state index in [2.05, 4.69) is 62.6 Å². The van der Waals surface area contributed by atoms with Gasteiger partial charge in [0.15, 0.2) is 5.11 Å². The third kappa shape index (κ3) is 5.71. The molecule has 0 heterocycles. The van der Waals surface area contributed by atoms with Crippen LogP contribution in [-0.4, -0.2) is 11.2 Å². The average molecular weight is 397 g/mol. The van der Waals surface area contributed by atoms with Crippen molar-refractivity contribution in [2.75, 3.05) is 5.32 Å². The molecule has 0 amide bonds. The lowest BCUT2D eigenvalue weighted by atomic mass is 9.86. The Morgan fingerprint density at radius 3 is 2.18 bits per heavy atom. The molecule has 4 heteroatoms. The first-order chi connectivity index (χ1) is 13.3. The molecule has 0 aliphatic heterocycles. The zero-order valence-corrected chi connectivity index (χ0v) is 18.2. The number of nitrogens with one attached hydrogen (secondary N) is 2. The number of anilines is 1. The number of thiocarbonyl (C=S) groups is 1. The SMILES string of the molecule is C[C@@H](NC(=S)Nc1ccc(OC2CCCC2)cc1)c1ccc(C(C)(C)C)cc1. The van der Waals surface area contributed by atoms with E-state index in [1.54, 1.807) is 0 Å². The Labute approximate surface area is 174 Å². The maximum absolute atomic E-state index is 6.01. The van der Waals surface area contributed by atoms with Crippen LogP contribution >= 0.6 is 12.2 Å². The van der Waals surface area contributed by atoms with Gasteiger partial charge in [0, 0.05) is 5.69 Å². The third-order valence-corrected chi connectivity index (χ3v) is 5.56. The van der Waals surface area contributed by atoms with Crippen LogP contribution in [0.25, 0.3) is 0 Å². The topological polar surface area (TPSA) is 33.3 Å². The summed E-state index contributed by atoms with van der Waals surface area (Å²) in [6.07, 6.45) is 5.28. The number of ether oxygens (including phenoxy) is 1. The van der Waals surface area contributed by atoms with E-state index >= 15 is 0 Å². The molecule has 0 saturated heterocycles. The van der Waals surface area contributed by atoms with Crippen molar-refractivity contribution in [2.24, 2.45) is 0 Å². The van der Waals surface area contributed by atoms with E-state index < -0.39 is 0 Å². The first-order valence-electron chi connectivity index (χ1n) is 10.3. The molecule has 2 aromatic rings. The summed E-state index contributed by atoms with van der Waals surface area (Å²) in [6, 6.07) is 16.9. The third-order valence-electron chi connectivity index (χ3n) is 5.34. The van der Waals surface area contributed by atoms with Crippen molar-refractivity contribution in [1.29, 1.82) is 0 Å². The molecule has 0 spiro atoms. The molecule has 28 heavy (non-hydrogen) atoms. The summed E-state index contributed by atoms with van der Waals surface area (Å²) in [4.78, 5) is 0. The highest BCUT2D eigenvalue weighted by Crippen LogP contribution is 2.26. The average Bonchev–Trinajstić information content (AvgIpc) is 3.16. The maximum Gasteiger partial charge on any atom is 0.171 e. The Bertz CT molecular complexity index is 772.